The quantitative estimate of drug-likeness (QED) is 0.907. The Hall–Kier alpha value is -1.26. The van der Waals surface area contributed by atoms with Crippen LogP contribution in [0, 0.1) is 13.8 Å². The van der Waals surface area contributed by atoms with E-state index in [1.165, 1.54) is 4.88 Å². The van der Waals surface area contributed by atoms with Crippen molar-refractivity contribution in [1.29, 1.82) is 0 Å². The molecule has 0 spiro atoms. The van der Waals surface area contributed by atoms with E-state index in [4.69, 9.17) is 5.73 Å². The molecule has 0 aromatic carbocycles. The summed E-state index contributed by atoms with van der Waals surface area (Å²) in [6.45, 7) is 6.12. The van der Waals surface area contributed by atoms with Crippen LogP contribution in [0.15, 0.2) is 17.5 Å². The molecule has 2 aromatic rings. The SMILES string of the molecule is CCc1nnc(C)cc1C(N)c1csc(C)c1. The van der Waals surface area contributed by atoms with E-state index in [1.54, 1.807) is 11.3 Å². The van der Waals surface area contributed by atoms with Crippen LogP contribution in [0.2, 0.25) is 0 Å². The van der Waals surface area contributed by atoms with Crippen LogP contribution in [0.3, 0.4) is 0 Å². The third-order valence-corrected chi connectivity index (χ3v) is 3.69. The minimum absolute atomic E-state index is 0.0934. The Balaban J connectivity index is 2.42. The van der Waals surface area contributed by atoms with Crippen molar-refractivity contribution in [3.8, 4) is 0 Å². The molecule has 0 bridgehead atoms. The number of thiophene rings is 1. The Morgan fingerprint density at radius 3 is 2.65 bits per heavy atom. The molecule has 2 N–H and O–H groups in total. The number of nitrogens with zero attached hydrogens (tertiary/aromatic N) is 2. The topological polar surface area (TPSA) is 51.8 Å². The number of rotatable bonds is 3. The summed E-state index contributed by atoms with van der Waals surface area (Å²) in [5.74, 6) is 0. The van der Waals surface area contributed by atoms with Crippen molar-refractivity contribution in [2.45, 2.75) is 33.2 Å². The molecule has 0 amide bonds. The van der Waals surface area contributed by atoms with Crippen LogP contribution in [-0.2, 0) is 6.42 Å². The first-order valence-corrected chi connectivity index (χ1v) is 6.63. The Labute approximate surface area is 106 Å². The molecule has 90 valence electrons. The molecule has 17 heavy (non-hydrogen) atoms. The lowest BCUT2D eigenvalue weighted by molar-refractivity contribution is 0.792. The Bertz CT molecular complexity index is 519. The molecule has 2 rings (SSSR count). The second kappa shape index (κ2) is 4.94. The van der Waals surface area contributed by atoms with Gasteiger partial charge in [-0.15, -0.1) is 11.3 Å². The molecule has 1 unspecified atom stereocenters. The van der Waals surface area contributed by atoms with E-state index < -0.39 is 0 Å². The fraction of sp³-hybridized carbons (Fsp3) is 0.385. The average Bonchev–Trinajstić information content (AvgIpc) is 2.75. The molecular weight excluding hydrogens is 230 g/mol. The van der Waals surface area contributed by atoms with Gasteiger partial charge in [0.15, 0.2) is 0 Å². The fourth-order valence-corrected chi connectivity index (χ4v) is 2.63. The Kier molecular flexibility index (Phi) is 3.54. The van der Waals surface area contributed by atoms with Crippen LogP contribution in [0.1, 0.15) is 40.4 Å². The van der Waals surface area contributed by atoms with Gasteiger partial charge in [0.1, 0.15) is 0 Å². The van der Waals surface area contributed by atoms with E-state index in [2.05, 4.69) is 35.5 Å². The predicted molar refractivity (Wildman–Crippen MR) is 71.2 cm³/mol. The van der Waals surface area contributed by atoms with E-state index >= 15 is 0 Å². The summed E-state index contributed by atoms with van der Waals surface area (Å²) in [7, 11) is 0. The van der Waals surface area contributed by atoms with Crippen LogP contribution in [0.5, 0.6) is 0 Å². The monoisotopic (exact) mass is 247 g/mol. The highest BCUT2D eigenvalue weighted by Gasteiger charge is 2.15. The van der Waals surface area contributed by atoms with Gasteiger partial charge in [-0.25, -0.2) is 0 Å². The molecule has 0 aliphatic heterocycles. The van der Waals surface area contributed by atoms with Crippen molar-refractivity contribution < 1.29 is 0 Å². The van der Waals surface area contributed by atoms with Crippen molar-refractivity contribution in [3.63, 3.8) is 0 Å². The van der Waals surface area contributed by atoms with Gasteiger partial charge in [0, 0.05) is 4.88 Å². The number of aromatic nitrogens is 2. The summed E-state index contributed by atoms with van der Waals surface area (Å²) in [6.07, 6.45) is 0.861. The molecule has 1 atom stereocenters. The van der Waals surface area contributed by atoms with Crippen LogP contribution >= 0.6 is 11.3 Å². The van der Waals surface area contributed by atoms with Gasteiger partial charge in [-0.05, 0) is 48.9 Å². The summed E-state index contributed by atoms with van der Waals surface area (Å²) >= 11 is 1.73. The van der Waals surface area contributed by atoms with Crippen LogP contribution in [0.25, 0.3) is 0 Å². The van der Waals surface area contributed by atoms with E-state index in [9.17, 15) is 0 Å². The molecule has 2 heterocycles. The van der Waals surface area contributed by atoms with Crippen molar-refractivity contribution >= 4 is 11.3 Å². The van der Waals surface area contributed by atoms with Crippen molar-refractivity contribution in [2.24, 2.45) is 5.73 Å². The van der Waals surface area contributed by atoms with Crippen LogP contribution in [0.4, 0.5) is 0 Å². The maximum atomic E-state index is 6.31. The normalized spacial score (nSPS) is 12.7. The lowest BCUT2D eigenvalue weighted by atomic mass is 9.99. The summed E-state index contributed by atoms with van der Waals surface area (Å²) in [5, 5.41) is 10.4. The molecule has 0 saturated carbocycles. The molecule has 0 aliphatic carbocycles. The molecule has 0 radical (unpaired) electrons. The van der Waals surface area contributed by atoms with Crippen molar-refractivity contribution in [1.82, 2.24) is 10.2 Å². The van der Waals surface area contributed by atoms with Gasteiger partial charge in [-0.1, -0.05) is 6.92 Å². The van der Waals surface area contributed by atoms with E-state index in [0.29, 0.717) is 0 Å². The zero-order valence-electron chi connectivity index (χ0n) is 10.4. The predicted octanol–water partition coefficient (Wildman–Crippen LogP) is 2.77. The number of hydrogen-bond donors (Lipinski definition) is 1. The standard InChI is InChI=1S/C13H17N3S/c1-4-12-11(5-8(2)15-16-12)13(14)10-6-9(3)17-7-10/h5-7,13H,4,14H2,1-3H3. The van der Waals surface area contributed by atoms with Crippen molar-refractivity contribution in [3.05, 3.63) is 44.9 Å². The first-order chi connectivity index (χ1) is 8.11. The van der Waals surface area contributed by atoms with E-state index in [1.807, 2.05) is 13.0 Å². The number of nitrogens with two attached hydrogens (primary N) is 1. The van der Waals surface area contributed by atoms with E-state index in [-0.39, 0.29) is 6.04 Å². The molecule has 2 aromatic heterocycles. The molecule has 0 aliphatic rings. The molecule has 0 saturated heterocycles. The Morgan fingerprint density at radius 2 is 2.06 bits per heavy atom. The molecule has 4 heteroatoms. The highest BCUT2D eigenvalue weighted by molar-refractivity contribution is 7.10. The molecular formula is C13H17N3S. The largest absolute Gasteiger partial charge is 0.320 e. The number of hydrogen-bond acceptors (Lipinski definition) is 4. The highest BCUT2D eigenvalue weighted by Crippen LogP contribution is 2.26. The number of aryl methyl sites for hydroxylation is 3. The summed E-state index contributed by atoms with van der Waals surface area (Å²) in [4.78, 5) is 1.28. The van der Waals surface area contributed by atoms with Gasteiger partial charge >= 0.3 is 0 Å². The molecule has 0 fully saturated rings. The zero-order chi connectivity index (χ0) is 12.4. The van der Waals surface area contributed by atoms with Gasteiger partial charge in [0.05, 0.1) is 17.4 Å². The van der Waals surface area contributed by atoms with E-state index in [0.717, 1.165) is 28.9 Å². The van der Waals surface area contributed by atoms with Gasteiger partial charge in [-0.3, -0.25) is 0 Å². The third-order valence-electron chi connectivity index (χ3n) is 2.81. The lowest BCUT2D eigenvalue weighted by Gasteiger charge is -2.14. The minimum Gasteiger partial charge on any atom is -0.320 e. The van der Waals surface area contributed by atoms with Gasteiger partial charge in [0.25, 0.3) is 0 Å². The molecule has 3 nitrogen and oxygen atoms in total. The third kappa shape index (κ3) is 2.53. The Morgan fingerprint density at radius 1 is 1.29 bits per heavy atom. The average molecular weight is 247 g/mol. The maximum Gasteiger partial charge on any atom is 0.0679 e. The smallest absolute Gasteiger partial charge is 0.0679 e. The maximum absolute atomic E-state index is 6.31. The van der Waals surface area contributed by atoms with Crippen molar-refractivity contribution in [2.75, 3.05) is 0 Å². The second-order valence-electron chi connectivity index (χ2n) is 4.21. The van der Waals surface area contributed by atoms with Gasteiger partial charge in [0.2, 0.25) is 0 Å². The van der Waals surface area contributed by atoms with Crippen LogP contribution < -0.4 is 5.73 Å². The fourth-order valence-electron chi connectivity index (χ4n) is 1.88. The first-order valence-electron chi connectivity index (χ1n) is 5.75. The zero-order valence-corrected chi connectivity index (χ0v) is 11.2. The van der Waals surface area contributed by atoms with Crippen LogP contribution in [-0.4, -0.2) is 10.2 Å². The highest BCUT2D eigenvalue weighted by atomic mass is 32.1. The van der Waals surface area contributed by atoms with Gasteiger partial charge < -0.3 is 5.73 Å². The summed E-state index contributed by atoms with van der Waals surface area (Å²) in [6, 6.07) is 4.10. The lowest BCUT2D eigenvalue weighted by Crippen LogP contribution is -2.15. The second-order valence-corrected chi connectivity index (χ2v) is 5.33. The summed E-state index contributed by atoms with van der Waals surface area (Å²) in [5.41, 5.74) is 10.5. The first kappa shape index (κ1) is 12.2. The van der Waals surface area contributed by atoms with Gasteiger partial charge in [-0.2, -0.15) is 10.2 Å². The summed E-state index contributed by atoms with van der Waals surface area (Å²) < 4.78 is 0. The minimum atomic E-state index is -0.0934.